The van der Waals surface area contributed by atoms with Crippen LogP contribution < -0.4 is 5.11 Å². The summed E-state index contributed by atoms with van der Waals surface area (Å²) in [5.74, 6) is -0.921. The molecule has 0 radical (unpaired) electrons. The average Bonchev–Trinajstić information content (AvgIpc) is 2.43. The van der Waals surface area contributed by atoms with Crippen LogP contribution in [0.5, 0.6) is 0 Å². The Balaban J connectivity index is 3.17. The van der Waals surface area contributed by atoms with E-state index in [0.717, 1.165) is 32.1 Å². The van der Waals surface area contributed by atoms with E-state index in [2.05, 4.69) is 31.2 Å². The molecule has 0 aliphatic rings. The number of carboxylic acids is 1. The summed E-state index contributed by atoms with van der Waals surface area (Å²) in [7, 11) is 0. The number of unbranched alkanes of at least 4 members (excludes halogenated alkanes) is 8. The highest BCUT2D eigenvalue weighted by molar-refractivity contribution is 5.63. The van der Waals surface area contributed by atoms with E-state index in [0.29, 0.717) is 0 Å². The highest BCUT2D eigenvalue weighted by Crippen LogP contribution is 2.07. The van der Waals surface area contributed by atoms with E-state index >= 15 is 0 Å². The van der Waals surface area contributed by atoms with Crippen LogP contribution in [0.15, 0.2) is 24.3 Å². The minimum absolute atomic E-state index is 0.213. The second kappa shape index (κ2) is 16.0. The first kappa shape index (κ1) is 18.9. The van der Waals surface area contributed by atoms with E-state index in [1.165, 1.54) is 38.5 Å². The van der Waals surface area contributed by atoms with Gasteiger partial charge in [-0.3, -0.25) is 0 Å². The molecule has 0 N–H and O–H groups in total. The summed E-state index contributed by atoms with van der Waals surface area (Å²) in [5.41, 5.74) is 0. The third-order valence-electron chi connectivity index (χ3n) is 3.33. The first-order valence-corrected chi connectivity index (χ1v) is 8.27. The molecule has 0 bridgehead atoms. The Hall–Kier alpha value is -1.05. The Morgan fingerprint density at radius 2 is 1.35 bits per heavy atom. The molecular weight excluding hydrogens is 248 g/mol. The van der Waals surface area contributed by atoms with Gasteiger partial charge in [0.2, 0.25) is 0 Å². The molecule has 0 atom stereocenters. The van der Waals surface area contributed by atoms with Gasteiger partial charge in [-0.2, -0.15) is 0 Å². The van der Waals surface area contributed by atoms with Crippen molar-refractivity contribution in [2.75, 3.05) is 0 Å². The summed E-state index contributed by atoms with van der Waals surface area (Å²) in [4.78, 5) is 10.2. The van der Waals surface area contributed by atoms with Crippen molar-refractivity contribution in [3.8, 4) is 0 Å². The number of carboxylic acid groups (broad SMARTS) is 1. The number of hydrogen-bond acceptors (Lipinski definition) is 2. The second-order valence-corrected chi connectivity index (χ2v) is 5.35. The fourth-order valence-corrected chi connectivity index (χ4v) is 2.08. The van der Waals surface area contributed by atoms with Crippen molar-refractivity contribution in [3.63, 3.8) is 0 Å². The van der Waals surface area contributed by atoms with Crippen molar-refractivity contribution < 1.29 is 9.90 Å². The van der Waals surface area contributed by atoms with Gasteiger partial charge < -0.3 is 9.90 Å². The molecule has 0 aromatic heterocycles. The molecular formula is C18H31O2-. The molecule has 0 aliphatic heterocycles. The molecule has 0 heterocycles. The number of carbonyl (C=O) groups excluding carboxylic acids is 1. The molecule has 0 unspecified atom stereocenters. The molecule has 20 heavy (non-hydrogen) atoms. The van der Waals surface area contributed by atoms with Crippen molar-refractivity contribution >= 4 is 5.97 Å². The minimum Gasteiger partial charge on any atom is -0.550 e. The number of hydrogen-bond donors (Lipinski definition) is 0. The quantitative estimate of drug-likeness (QED) is 0.346. The topological polar surface area (TPSA) is 40.1 Å². The van der Waals surface area contributed by atoms with Crippen LogP contribution in [0.1, 0.15) is 84.0 Å². The molecule has 0 fully saturated rings. The summed E-state index contributed by atoms with van der Waals surface area (Å²) in [5, 5.41) is 10.2. The van der Waals surface area contributed by atoms with Gasteiger partial charge >= 0.3 is 0 Å². The van der Waals surface area contributed by atoms with E-state index < -0.39 is 5.97 Å². The van der Waals surface area contributed by atoms with Crippen LogP contribution in [-0.4, -0.2) is 5.97 Å². The van der Waals surface area contributed by atoms with E-state index in [4.69, 9.17) is 0 Å². The van der Waals surface area contributed by atoms with E-state index in [-0.39, 0.29) is 6.42 Å². The number of aliphatic carboxylic acids is 1. The predicted octanol–water partition coefficient (Wildman–Crippen LogP) is 4.55. The average molecular weight is 279 g/mol. The van der Waals surface area contributed by atoms with Gasteiger partial charge in [0.1, 0.15) is 0 Å². The van der Waals surface area contributed by atoms with Crippen LogP contribution in [0.25, 0.3) is 0 Å². The van der Waals surface area contributed by atoms with Gasteiger partial charge in [-0.15, -0.1) is 0 Å². The van der Waals surface area contributed by atoms with E-state index in [1.807, 2.05) is 0 Å². The smallest absolute Gasteiger partial charge is 0.0414 e. The van der Waals surface area contributed by atoms with Gasteiger partial charge in [-0.25, -0.2) is 0 Å². The zero-order valence-corrected chi connectivity index (χ0v) is 13.1. The molecule has 0 rings (SSSR count). The van der Waals surface area contributed by atoms with Gasteiger partial charge in [-0.05, 0) is 44.9 Å². The zero-order valence-electron chi connectivity index (χ0n) is 13.1. The van der Waals surface area contributed by atoms with Gasteiger partial charge in [-0.1, -0.05) is 63.3 Å². The Morgan fingerprint density at radius 1 is 0.800 bits per heavy atom. The summed E-state index contributed by atoms with van der Waals surface area (Å²) < 4.78 is 0. The molecule has 2 nitrogen and oxygen atoms in total. The highest BCUT2D eigenvalue weighted by atomic mass is 16.4. The minimum atomic E-state index is -0.921. The third-order valence-corrected chi connectivity index (χ3v) is 3.33. The lowest BCUT2D eigenvalue weighted by Crippen LogP contribution is -2.21. The molecule has 0 aliphatic carbocycles. The van der Waals surface area contributed by atoms with Gasteiger partial charge in [0.05, 0.1) is 0 Å². The zero-order chi connectivity index (χ0) is 14.9. The third kappa shape index (κ3) is 16.9. The van der Waals surface area contributed by atoms with Crippen LogP contribution in [0.3, 0.4) is 0 Å². The summed E-state index contributed by atoms with van der Waals surface area (Å²) >= 11 is 0. The predicted molar refractivity (Wildman–Crippen MR) is 84.4 cm³/mol. The van der Waals surface area contributed by atoms with E-state index in [9.17, 15) is 9.90 Å². The molecule has 2 heteroatoms. The lowest BCUT2D eigenvalue weighted by Gasteiger charge is -2.01. The first-order valence-electron chi connectivity index (χ1n) is 8.27. The summed E-state index contributed by atoms with van der Waals surface area (Å²) in [6, 6.07) is 0. The van der Waals surface area contributed by atoms with Crippen molar-refractivity contribution in [3.05, 3.63) is 24.3 Å². The first-order chi connectivity index (χ1) is 9.77. The maximum atomic E-state index is 10.2. The lowest BCUT2D eigenvalue weighted by atomic mass is 10.1. The number of allylic oxidation sites excluding steroid dienone is 4. The Kier molecular flexibility index (Phi) is 15.2. The molecule has 0 saturated heterocycles. The molecule has 0 spiro atoms. The van der Waals surface area contributed by atoms with Crippen LogP contribution in [0.4, 0.5) is 0 Å². The van der Waals surface area contributed by atoms with E-state index in [1.54, 1.807) is 0 Å². The standard InChI is InChI=1S/C18H32O2/c1-2-3-4-5-6-7-8-9-10-11-12-13-14-15-16-17-18(19)20/h6-7,9-10H,2-5,8,11-17H2,1H3,(H,19,20)/p-1/b7-6+,10-9-. The molecule has 0 amide bonds. The number of carbonyl (C=O) groups is 1. The van der Waals surface area contributed by atoms with Crippen LogP contribution in [-0.2, 0) is 4.79 Å². The maximum absolute atomic E-state index is 10.2. The van der Waals surface area contributed by atoms with Crippen LogP contribution in [0.2, 0.25) is 0 Å². The van der Waals surface area contributed by atoms with Crippen molar-refractivity contribution in [2.24, 2.45) is 0 Å². The molecule has 0 saturated carbocycles. The largest absolute Gasteiger partial charge is 0.550 e. The normalized spacial score (nSPS) is 11.7. The van der Waals surface area contributed by atoms with Crippen LogP contribution in [0, 0.1) is 0 Å². The lowest BCUT2D eigenvalue weighted by molar-refractivity contribution is -0.305. The molecule has 0 aromatic rings. The highest BCUT2D eigenvalue weighted by Gasteiger charge is 1.90. The second-order valence-electron chi connectivity index (χ2n) is 5.35. The van der Waals surface area contributed by atoms with Crippen molar-refractivity contribution in [1.82, 2.24) is 0 Å². The van der Waals surface area contributed by atoms with Crippen LogP contribution >= 0.6 is 0 Å². The SMILES string of the molecule is CCCCC/C=C/C/C=C\CCCCCCCC(=O)[O-]. The summed E-state index contributed by atoms with van der Waals surface area (Å²) in [6.45, 7) is 2.23. The van der Waals surface area contributed by atoms with Crippen molar-refractivity contribution in [1.29, 1.82) is 0 Å². The van der Waals surface area contributed by atoms with Gasteiger partial charge in [0.25, 0.3) is 0 Å². The molecule has 116 valence electrons. The Morgan fingerprint density at radius 3 is 1.95 bits per heavy atom. The summed E-state index contributed by atoms with van der Waals surface area (Å²) in [6.07, 6.45) is 21.9. The van der Waals surface area contributed by atoms with Crippen molar-refractivity contribution in [2.45, 2.75) is 84.0 Å². The fraction of sp³-hybridized carbons (Fsp3) is 0.722. The number of rotatable bonds is 14. The molecule has 0 aromatic carbocycles. The Labute approximate surface area is 125 Å². The van der Waals surface area contributed by atoms with Gasteiger partial charge in [0.15, 0.2) is 0 Å². The maximum Gasteiger partial charge on any atom is 0.0414 e. The fourth-order valence-electron chi connectivity index (χ4n) is 2.08. The Bertz CT molecular complexity index is 267. The monoisotopic (exact) mass is 279 g/mol. The van der Waals surface area contributed by atoms with Gasteiger partial charge in [0, 0.05) is 5.97 Å².